The van der Waals surface area contributed by atoms with Gasteiger partial charge in [-0.3, -0.25) is 10.1 Å². The average molecular weight is 245 g/mol. The van der Waals surface area contributed by atoms with Crippen molar-refractivity contribution in [3.8, 4) is 0 Å². The molecule has 0 aromatic heterocycles. The quantitative estimate of drug-likeness (QED) is 0.635. The van der Waals surface area contributed by atoms with E-state index in [1.54, 1.807) is 12.1 Å². The third-order valence-electron chi connectivity index (χ3n) is 2.43. The normalized spacial score (nSPS) is 19.9. The maximum absolute atomic E-state index is 10.5. The Morgan fingerprint density at radius 2 is 2.06 bits per heavy atom. The Morgan fingerprint density at radius 1 is 1.38 bits per heavy atom. The summed E-state index contributed by atoms with van der Waals surface area (Å²) in [6.07, 6.45) is 0. The van der Waals surface area contributed by atoms with Gasteiger partial charge in [-0.1, -0.05) is 12.1 Å². The van der Waals surface area contributed by atoms with Crippen LogP contribution in [0, 0.1) is 10.1 Å². The molecule has 0 bridgehead atoms. The zero-order valence-corrected chi connectivity index (χ0v) is 9.40. The van der Waals surface area contributed by atoms with Crippen molar-refractivity contribution in [2.45, 2.75) is 6.04 Å². The van der Waals surface area contributed by atoms with E-state index in [-0.39, 0.29) is 24.1 Å². The molecule has 1 aliphatic heterocycles. The Morgan fingerprint density at radius 3 is 2.56 bits per heavy atom. The SMILES string of the molecule is Cl.O=[N+]([O-])c1ccc([C@H]2COCCN2)cc1. The third-order valence-corrected chi connectivity index (χ3v) is 2.43. The summed E-state index contributed by atoms with van der Waals surface area (Å²) in [5.41, 5.74) is 1.15. The van der Waals surface area contributed by atoms with E-state index in [4.69, 9.17) is 4.74 Å². The molecule has 6 heteroatoms. The number of nitro groups is 1. The second-order valence-corrected chi connectivity index (χ2v) is 3.43. The molecular formula is C10H13ClN2O3. The van der Waals surface area contributed by atoms with Crippen molar-refractivity contribution < 1.29 is 9.66 Å². The summed E-state index contributed by atoms with van der Waals surface area (Å²) in [5, 5.41) is 13.7. The van der Waals surface area contributed by atoms with Crippen LogP contribution in [0.15, 0.2) is 24.3 Å². The van der Waals surface area contributed by atoms with Gasteiger partial charge in [0.05, 0.1) is 24.2 Å². The number of hydrogen-bond acceptors (Lipinski definition) is 4. The molecule has 1 aromatic carbocycles. The van der Waals surface area contributed by atoms with Crippen LogP contribution in [0.25, 0.3) is 0 Å². The van der Waals surface area contributed by atoms with E-state index in [0.717, 1.165) is 18.7 Å². The van der Waals surface area contributed by atoms with Gasteiger partial charge in [0, 0.05) is 18.7 Å². The van der Waals surface area contributed by atoms with E-state index in [1.807, 2.05) is 0 Å². The van der Waals surface area contributed by atoms with Crippen LogP contribution in [-0.2, 0) is 4.74 Å². The minimum absolute atomic E-state index is 0. The minimum Gasteiger partial charge on any atom is -0.378 e. The molecule has 5 nitrogen and oxygen atoms in total. The maximum atomic E-state index is 10.5. The fraction of sp³-hybridized carbons (Fsp3) is 0.400. The van der Waals surface area contributed by atoms with Crippen molar-refractivity contribution in [2.24, 2.45) is 0 Å². The molecule has 1 heterocycles. The van der Waals surface area contributed by atoms with Crippen molar-refractivity contribution in [3.63, 3.8) is 0 Å². The molecule has 1 aromatic rings. The Hall–Kier alpha value is -1.17. The first-order valence-corrected chi connectivity index (χ1v) is 4.83. The molecule has 0 radical (unpaired) electrons. The lowest BCUT2D eigenvalue weighted by Gasteiger charge is -2.23. The number of nitrogens with one attached hydrogen (secondary N) is 1. The lowest BCUT2D eigenvalue weighted by molar-refractivity contribution is -0.384. The number of ether oxygens (including phenoxy) is 1. The standard InChI is InChI=1S/C10H12N2O3.ClH/c13-12(14)9-3-1-8(2-4-9)10-7-15-6-5-11-10;/h1-4,10-11H,5-7H2;1H/t10-;/m1./s1. The molecule has 0 amide bonds. The van der Waals surface area contributed by atoms with Crippen LogP contribution in [0.4, 0.5) is 5.69 Å². The fourth-order valence-corrected chi connectivity index (χ4v) is 1.61. The Labute approximate surface area is 99.4 Å². The van der Waals surface area contributed by atoms with Crippen molar-refractivity contribution in [3.05, 3.63) is 39.9 Å². The molecule has 88 valence electrons. The summed E-state index contributed by atoms with van der Waals surface area (Å²) in [7, 11) is 0. The van der Waals surface area contributed by atoms with Crippen molar-refractivity contribution >= 4 is 18.1 Å². The summed E-state index contributed by atoms with van der Waals surface area (Å²) in [6.45, 7) is 2.17. The molecule has 1 saturated heterocycles. The number of non-ortho nitro benzene ring substituents is 1. The lowest BCUT2D eigenvalue weighted by Crippen LogP contribution is -2.34. The third kappa shape index (κ3) is 2.91. The molecule has 1 N–H and O–H groups in total. The molecule has 0 aliphatic carbocycles. The van der Waals surface area contributed by atoms with Crippen LogP contribution in [-0.4, -0.2) is 24.7 Å². The van der Waals surface area contributed by atoms with Gasteiger partial charge in [0.1, 0.15) is 0 Å². The monoisotopic (exact) mass is 244 g/mol. The van der Waals surface area contributed by atoms with Crippen molar-refractivity contribution in [2.75, 3.05) is 19.8 Å². The number of halogens is 1. The van der Waals surface area contributed by atoms with Gasteiger partial charge in [0.2, 0.25) is 0 Å². The van der Waals surface area contributed by atoms with Gasteiger partial charge in [0.25, 0.3) is 5.69 Å². The van der Waals surface area contributed by atoms with Gasteiger partial charge >= 0.3 is 0 Å². The van der Waals surface area contributed by atoms with Crippen molar-refractivity contribution in [1.29, 1.82) is 0 Å². The zero-order chi connectivity index (χ0) is 10.7. The highest BCUT2D eigenvalue weighted by molar-refractivity contribution is 5.85. The number of benzene rings is 1. The highest BCUT2D eigenvalue weighted by Crippen LogP contribution is 2.19. The van der Waals surface area contributed by atoms with Gasteiger partial charge in [0.15, 0.2) is 0 Å². The second-order valence-electron chi connectivity index (χ2n) is 3.43. The van der Waals surface area contributed by atoms with E-state index in [0.29, 0.717) is 6.61 Å². The first kappa shape index (κ1) is 12.9. The minimum atomic E-state index is -0.394. The Balaban J connectivity index is 0.00000128. The summed E-state index contributed by atoms with van der Waals surface area (Å²) >= 11 is 0. The second kappa shape index (κ2) is 5.79. The van der Waals surface area contributed by atoms with Crippen LogP contribution in [0.5, 0.6) is 0 Å². The molecule has 0 spiro atoms. The smallest absolute Gasteiger partial charge is 0.269 e. The first-order chi connectivity index (χ1) is 7.27. The summed E-state index contributed by atoms with van der Waals surface area (Å²) in [6, 6.07) is 6.73. The van der Waals surface area contributed by atoms with Crippen LogP contribution < -0.4 is 5.32 Å². The summed E-state index contributed by atoms with van der Waals surface area (Å²) in [4.78, 5) is 10.1. The highest BCUT2D eigenvalue weighted by atomic mass is 35.5. The topological polar surface area (TPSA) is 64.4 Å². The Bertz CT molecular complexity index is 350. The first-order valence-electron chi connectivity index (χ1n) is 4.83. The molecule has 1 aliphatic rings. The predicted octanol–water partition coefficient (Wildman–Crippen LogP) is 1.68. The number of nitro benzene ring substituents is 1. The fourth-order valence-electron chi connectivity index (χ4n) is 1.61. The predicted molar refractivity (Wildman–Crippen MR) is 61.9 cm³/mol. The van der Waals surface area contributed by atoms with E-state index < -0.39 is 4.92 Å². The molecular weight excluding hydrogens is 232 g/mol. The van der Waals surface area contributed by atoms with E-state index >= 15 is 0 Å². The van der Waals surface area contributed by atoms with Crippen LogP contribution in [0.2, 0.25) is 0 Å². The van der Waals surface area contributed by atoms with Gasteiger partial charge in [-0.2, -0.15) is 0 Å². The van der Waals surface area contributed by atoms with E-state index in [2.05, 4.69) is 5.32 Å². The zero-order valence-electron chi connectivity index (χ0n) is 8.59. The number of rotatable bonds is 2. The van der Waals surface area contributed by atoms with Crippen LogP contribution in [0.1, 0.15) is 11.6 Å². The summed E-state index contributed by atoms with van der Waals surface area (Å²) in [5.74, 6) is 0. The molecule has 0 saturated carbocycles. The molecule has 1 fully saturated rings. The lowest BCUT2D eigenvalue weighted by atomic mass is 10.1. The van der Waals surface area contributed by atoms with Gasteiger partial charge in [-0.15, -0.1) is 12.4 Å². The van der Waals surface area contributed by atoms with Crippen LogP contribution >= 0.6 is 12.4 Å². The largest absolute Gasteiger partial charge is 0.378 e. The molecule has 0 unspecified atom stereocenters. The van der Waals surface area contributed by atoms with E-state index in [1.165, 1.54) is 12.1 Å². The molecule has 2 rings (SSSR count). The van der Waals surface area contributed by atoms with Gasteiger partial charge < -0.3 is 10.1 Å². The average Bonchev–Trinajstić information content (AvgIpc) is 2.30. The molecule has 1 atom stereocenters. The maximum Gasteiger partial charge on any atom is 0.269 e. The summed E-state index contributed by atoms with van der Waals surface area (Å²) < 4.78 is 5.32. The van der Waals surface area contributed by atoms with Crippen molar-refractivity contribution in [1.82, 2.24) is 5.32 Å². The highest BCUT2D eigenvalue weighted by Gasteiger charge is 2.15. The Kier molecular flexibility index (Phi) is 4.67. The molecule has 16 heavy (non-hydrogen) atoms. The number of hydrogen-bond donors (Lipinski definition) is 1. The van der Waals surface area contributed by atoms with E-state index in [9.17, 15) is 10.1 Å². The van der Waals surface area contributed by atoms with Crippen LogP contribution in [0.3, 0.4) is 0 Å². The van der Waals surface area contributed by atoms with Gasteiger partial charge in [-0.25, -0.2) is 0 Å². The number of nitrogens with zero attached hydrogens (tertiary/aromatic N) is 1. The van der Waals surface area contributed by atoms with Gasteiger partial charge in [-0.05, 0) is 5.56 Å². The number of morpholine rings is 1.